The first-order valence-electron chi connectivity index (χ1n) is 9.34. The first-order chi connectivity index (χ1) is 12.6. The Bertz CT molecular complexity index is 647. The number of aliphatic hydroxyl groups excluding tert-OH is 1. The van der Waals surface area contributed by atoms with Gasteiger partial charge >= 0.3 is 0 Å². The van der Waals surface area contributed by atoms with Crippen molar-refractivity contribution >= 4 is 15.9 Å². The second kappa shape index (κ2) is 7.73. The predicted octanol–water partition coefficient (Wildman–Crippen LogP) is 1.59. The Morgan fingerprint density at radius 1 is 1.12 bits per heavy atom. The van der Waals surface area contributed by atoms with Crippen molar-refractivity contribution in [2.24, 2.45) is 0 Å². The lowest BCUT2D eigenvalue weighted by atomic mass is 9.82. The molecule has 26 heavy (non-hydrogen) atoms. The van der Waals surface area contributed by atoms with Crippen LogP contribution in [0.3, 0.4) is 0 Å². The number of nitrogens with zero attached hydrogens (tertiary/aromatic N) is 2. The monoisotopic (exact) mass is 426 g/mol. The molecule has 0 radical (unpaired) electrons. The van der Waals surface area contributed by atoms with Gasteiger partial charge < -0.3 is 19.3 Å². The summed E-state index contributed by atoms with van der Waals surface area (Å²) in [5.41, 5.74) is 1.51. The lowest BCUT2D eigenvalue weighted by Crippen LogP contribution is -2.66. The largest absolute Gasteiger partial charge is 0.491 e. The van der Waals surface area contributed by atoms with Crippen LogP contribution in [0, 0.1) is 6.92 Å². The van der Waals surface area contributed by atoms with Gasteiger partial charge in [-0.3, -0.25) is 9.80 Å². The molecule has 1 aromatic rings. The maximum Gasteiger partial charge on any atom is 0.125 e. The number of halogens is 1. The molecule has 6 nitrogen and oxygen atoms in total. The van der Waals surface area contributed by atoms with Crippen LogP contribution in [0.4, 0.5) is 0 Å². The van der Waals surface area contributed by atoms with E-state index in [-0.39, 0.29) is 0 Å². The molecule has 0 unspecified atom stereocenters. The minimum atomic E-state index is -0.607. The van der Waals surface area contributed by atoms with Crippen molar-refractivity contribution in [2.75, 3.05) is 65.8 Å². The number of rotatable bonds is 3. The number of benzene rings is 1. The molecular formula is C19H27BrN2O4. The van der Waals surface area contributed by atoms with Gasteiger partial charge in [0.1, 0.15) is 18.5 Å². The van der Waals surface area contributed by atoms with Crippen LogP contribution in [0.1, 0.15) is 17.2 Å². The highest BCUT2D eigenvalue weighted by molar-refractivity contribution is 9.10. The van der Waals surface area contributed by atoms with Crippen molar-refractivity contribution in [3.63, 3.8) is 0 Å². The van der Waals surface area contributed by atoms with Gasteiger partial charge in [-0.1, -0.05) is 15.9 Å². The van der Waals surface area contributed by atoms with Crippen molar-refractivity contribution in [2.45, 2.75) is 18.6 Å². The van der Waals surface area contributed by atoms with Crippen LogP contribution >= 0.6 is 15.9 Å². The number of aliphatic hydroxyl groups is 1. The van der Waals surface area contributed by atoms with Crippen molar-refractivity contribution < 1.29 is 19.3 Å². The molecule has 0 aliphatic carbocycles. The molecule has 144 valence electrons. The summed E-state index contributed by atoms with van der Waals surface area (Å²) in [6, 6.07) is 4.03. The van der Waals surface area contributed by atoms with Crippen LogP contribution in [0.5, 0.6) is 5.75 Å². The first-order valence-corrected chi connectivity index (χ1v) is 10.1. The molecule has 0 bridgehead atoms. The van der Waals surface area contributed by atoms with E-state index in [1.165, 1.54) is 0 Å². The zero-order valence-electron chi connectivity index (χ0n) is 15.2. The average molecular weight is 427 g/mol. The summed E-state index contributed by atoms with van der Waals surface area (Å²) in [4.78, 5) is 4.76. The summed E-state index contributed by atoms with van der Waals surface area (Å²) in [7, 11) is 0. The van der Waals surface area contributed by atoms with Crippen molar-refractivity contribution in [3.8, 4) is 5.75 Å². The lowest BCUT2D eigenvalue weighted by Gasteiger charge is -2.52. The molecular weight excluding hydrogens is 400 g/mol. The van der Waals surface area contributed by atoms with Crippen LogP contribution in [-0.4, -0.2) is 86.2 Å². The van der Waals surface area contributed by atoms with E-state index >= 15 is 0 Å². The minimum Gasteiger partial charge on any atom is -0.491 e. The van der Waals surface area contributed by atoms with Gasteiger partial charge in [0.25, 0.3) is 0 Å². The number of morpholine rings is 2. The molecule has 2 atom stereocenters. The molecule has 0 spiro atoms. The Kier molecular flexibility index (Phi) is 5.55. The Labute approximate surface area is 163 Å². The smallest absolute Gasteiger partial charge is 0.125 e. The highest BCUT2D eigenvalue weighted by atomic mass is 79.9. The van der Waals surface area contributed by atoms with E-state index in [2.05, 4.69) is 25.7 Å². The molecule has 3 aliphatic heterocycles. The zero-order valence-corrected chi connectivity index (χ0v) is 16.8. The van der Waals surface area contributed by atoms with Crippen LogP contribution in [0.25, 0.3) is 0 Å². The van der Waals surface area contributed by atoms with E-state index in [1.807, 2.05) is 19.1 Å². The van der Waals surface area contributed by atoms with Gasteiger partial charge in [0.15, 0.2) is 0 Å². The molecule has 4 rings (SSSR count). The second-order valence-electron chi connectivity index (χ2n) is 7.42. The summed E-state index contributed by atoms with van der Waals surface area (Å²) < 4.78 is 18.3. The quantitative estimate of drug-likeness (QED) is 0.791. The van der Waals surface area contributed by atoms with Gasteiger partial charge in [-0.05, 0) is 24.6 Å². The lowest BCUT2D eigenvalue weighted by molar-refractivity contribution is -0.125. The molecule has 7 heteroatoms. The average Bonchev–Trinajstić information content (AvgIpc) is 2.67. The van der Waals surface area contributed by atoms with Gasteiger partial charge in [0.05, 0.1) is 32.0 Å². The number of fused-ring (bicyclic) bond motifs is 1. The standard InChI is InChI=1S/C19H27BrN2O4/c1-14-10-17-15(11-16(14)20)18(23)19(13-26-17,22-4-8-25-9-5-22)12-21-2-6-24-7-3-21/h10-11,18,23H,2-9,12-13H2,1H3/t18-,19+/m1/s1. The SMILES string of the molecule is Cc1cc2c(cc1Br)[C@@H](O)[C@@](CN1CCOCC1)(N1CCOCC1)CO2. The third-order valence-electron chi connectivity index (χ3n) is 5.81. The Morgan fingerprint density at radius 3 is 2.46 bits per heavy atom. The van der Waals surface area contributed by atoms with E-state index in [4.69, 9.17) is 14.2 Å². The summed E-state index contributed by atoms with van der Waals surface area (Å²) in [5, 5.41) is 11.5. The number of aryl methyl sites for hydroxylation is 1. The minimum absolute atomic E-state index is 0.469. The number of hydrogen-bond acceptors (Lipinski definition) is 6. The van der Waals surface area contributed by atoms with Gasteiger partial charge in [0.2, 0.25) is 0 Å². The van der Waals surface area contributed by atoms with Crippen LogP contribution in [0.2, 0.25) is 0 Å². The fourth-order valence-corrected chi connectivity index (χ4v) is 4.59. The molecule has 3 aliphatic rings. The van der Waals surface area contributed by atoms with Gasteiger partial charge in [-0.2, -0.15) is 0 Å². The van der Waals surface area contributed by atoms with Gasteiger partial charge in [0, 0.05) is 42.8 Å². The third kappa shape index (κ3) is 3.41. The molecule has 1 N–H and O–H groups in total. The maximum atomic E-state index is 11.5. The summed E-state index contributed by atoms with van der Waals surface area (Å²) in [6.45, 7) is 9.59. The fraction of sp³-hybridized carbons (Fsp3) is 0.684. The summed E-state index contributed by atoms with van der Waals surface area (Å²) in [6.07, 6.45) is -0.607. The van der Waals surface area contributed by atoms with Crippen molar-refractivity contribution in [3.05, 3.63) is 27.7 Å². The van der Waals surface area contributed by atoms with Crippen molar-refractivity contribution in [1.82, 2.24) is 9.80 Å². The Balaban J connectivity index is 1.68. The molecule has 3 heterocycles. The van der Waals surface area contributed by atoms with Crippen LogP contribution in [0.15, 0.2) is 16.6 Å². The third-order valence-corrected chi connectivity index (χ3v) is 6.67. The van der Waals surface area contributed by atoms with Crippen molar-refractivity contribution in [1.29, 1.82) is 0 Å². The first kappa shape index (κ1) is 18.7. The van der Waals surface area contributed by atoms with E-state index < -0.39 is 11.6 Å². The van der Waals surface area contributed by atoms with Crippen LogP contribution in [-0.2, 0) is 9.47 Å². The van der Waals surface area contributed by atoms with E-state index in [0.717, 1.165) is 67.3 Å². The summed E-state index contributed by atoms with van der Waals surface area (Å²) in [5.74, 6) is 0.795. The molecule has 0 aromatic heterocycles. The molecule has 2 saturated heterocycles. The normalized spacial score (nSPS) is 30.7. The zero-order chi connectivity index (χ0) is 18.1. The molecule has 2 fully saturated rings. The highest BCUT2D eigenvalue weighted by Crippen LogP contribution is 2.44. The van der Waals surface area contributed by atoms with E-state index in [0.29, 0.717) is 19.8 Å². The van der Waals surface area contributed by atoms with Gasteiger partial charge in [-0.15, -0.1) is 0 Å². The maximum absolute atomic E-state index is 11.5. The highest BCUT2D eigenvalue weighted by Gasteiger charge is 2.50. The summed E-state index contributed by atoms with van der Waals surface area (Å²) >= 11 is 3.61. The van der Waals surface area contributed by atoms with E-state index in [9.17, 15) is 5.11 Å². The Hall–Kier alpha value is -0.700. The van der Waals surface area contributed by atoms with Gasteiger partial charge in [-0.25, -0.2) is 0 Å². The molecule has 0 saturated carbocycles. The fourth-order valence-electron chi connectivity index (χ4n) is 4.23. The molecule has 1 aromatic carbocycles. The van der Waals surface area contributed by atoms with E-state index in [1.54, 1.807) is 0 Å². The predicted molar refractivity (Wildman–Crippen MR) is 102 cm³/mol. The Morgan fingerprint density at radius 2 is 1.77 bits per heavy atom. The van der Waals surface area contributed by atoms with Crippen LogP contribution < -0.4 is 4.74 Å². The number of ether oxygens (including phenoxy) is 3. The number of hydrogen-bond donors (Lipinski definition) is 1. The molecule has 0 amide bonds. The second-order valence-corrected chi connectivity index (χ2v) is 8.28. The topological polar surface area (TPSA) is 54.4 Å².